The Balaban J connectivity index is 1.60. The standard InChI is InChI=1S/C22H18Cl2N2O2/c1-2-25-18-10-16(23)17(24)11-19(18)26-20(27)9-15-13-7-3-5-12-6-4-8-14(21(12)13)22(15)28/h3-8,10-11,15,25H,2,9H2,1H3,(H,26,27). The van der Waals surface area contributed by atoms with Crippen LogP contribution in [0.4, 0.5) is 11.4 Å². The Bertz CT molecular complexity index is 1110. The van der Waals surface area contributed by atoms with E-state index < -0.39 is 5.92 Å². The molecule has 2 N–H and O–H groups in total. The third-order valence-corrected chi connectivity index (χ3v) is 5.71. The summed E-state index contributed by atoms with van der Waals surface area (Å²) in [6.45, 7) is 2.61. The van der Waals surface area contributed by atoms with Crippen LogP contribution < -0.4 is 10.6 Å². The fraction of sp³-hybridized carbons (Fsp3) is 0.182. The summed E-state index contributed by atoms with van der Waals surface area (Å²) in [5, 5.41) is 8.76. The summed E-state index contributed by atoms with van der Waals surface area (Å²) in [6.07, 6.45) is 0.0679. The van der Waals surface area contributed by atoms with Gasteiger partial charge in [0.2, 0.25) is 5.91 Å². The van der Waals surface area contributed by atoms with E-state index in [1.54, 1.807) is 12.1 Å². The summed E-state index contributed by atoms with van der Waals surface area (Å²) in [4.78, 5) is 25.7. The molecule has 0 fully saturated rings. The molecule has 1 atom stereocenters. The zero-order chi connectivity index (χ0) is 19.8. The zero-order valence-corrected chi connectivity index (χ0v) is 16.7. The van der Waals surface area contributed by atoms with Crippen molar-refractivity contribution in [2.24, 2.45) is 0 Å². The van der Waals surface area contributed by atoms with Crippen molar-refractivity contribution in [3.05, 3.63) is 69.7 Å². The molecule has 3 aromatic carbocycles. The van der Waals surface area contributed by atoms with Crippen molar-refractivity contribution in [2.75, 3.05) is 17.2 Å². The molecule has 1 amide bonds. The van der Waals surface area contributed by atoms with Crippen LogP contribution in [0, 0.1) is 0 Å². The van der Waals surface area contributed by atoms with Crippen LogP contribution in [0.25, 0.3) is 10.8 Å². The molecular formula is C22H18Cl2N2O2. The molecule has 4 rings (SSSR count). The lowest BCUT2D eigenvalue weighted by Crippen LogP contribution is -2.19. The maximum Gasteiger partial charge on any atom is 0.225 e. The van der Waals surface area contributed by atoms with Gasteiger partial charge in [0.05, 0.1) is 27.3 Å². The first-order valence-electron chi connectivity index (χ1n) is 9.08. The average Bonchev–Trinajstić information content (AvgIpc) is 2.94. The summed E-state index contributed by atoms with van der Waals surface area (Å²) in [5.41, 5.74) is 2.83. The van der Waals surface area contributed by atoms with Crippen LogP contribution in [0.15, 0.2) is 48.5 Å². The van der Waals surface area contributed by atoms with Crippen LogP contribution in [0.5, 0.6) is 0 Å². The van der Waals surface area contributed by atoms with Gasteiger partial charge in [-0.2, -0.15) is 0 Å². The number of ketones is 1. The number of carbonyl (C=O) groups is 2. The van der Waals surface area contributed by atoms with E-state index in [0.717, 1.165) is 16.3 Å². The van der Waals surface area contributed by atoms with Crippen LogP contribution in [0.2, 0.25) is 10.0 Å². The molecule has 0 aliphatic heterocycles. The molecule has 1 unspecified atom stereocenters. The normalized spacial score (nSPS) is 15.1. The Morgan fingerprint density at radius 2 is 1.71 bits per heavy atom. The molecule has 28 heavy (non-hydrogen) atoms. The summed E-state index contributed by atoms with van der Waals surface area (Å²) in [5.74, 6) is -0.741. The van der Waals surface area contributed by atoms with Gasteiger partial charge in [-0.3, -0.25) is 9.59 Å². The number of carbonyl (C=O) groups excluding carboxylic acids is 2. The molecule has 1 aliphatic carbocycles. The smallest absolute Gasteiger partial charge is 0.225 e. The summed E-state index contributed by atoms with van der Waals surface area (Å²) < 4.78 is 0. The van der Waals surface area contributed by atoms with Crippen molar-refractivity contribution < 1.29 is 9.59 Å². The van der Waals surface area contributed by atoms with Crippen molar-refractivity contribution in [3.63, 3.8) is 0 Å². The fourth-order valence-electron chi connectivity index (χ4n) is 3.77. The number of anilines is 2. The predicted molar refractivity (Wildman–Crippen MR) is 115 cm³/mol. The first-order chi connectivity index (χ1) is 13.5. The molecule has 142 valence electrons. The van der Waals surface area contributed by atoms with E-state index in [1.165, 1.54) is 0 Å². The van der Waals surface area contributed by atoms with Crippen LogP contribution in [0.1, 0.15) is 35.2 Å². The van der Waals surface area contributed by atoms with E-state index in [9.17, 15) is 9.59 Å². The maximum atomic E-state index is 12.9. The van der Waals surface area contributed by atoms with Crippen LogP contribution >= 0.6 is 23.2 Å². The highest BCUT2D eigenvalue weighted by Crippen LogP contribution is 2.40. The number of hydrogen-bond donors (Lipinski definition) is 2. The minimum atomic E-state index is -0.480. The summed E-state index contributed by atoms with van der Waals surface area (Å²) in [7, 11) is 0. The number of nitrogens with one attached hydrogen (secondary N) is 2. The Morgan fingerprint density at radius 1 is 1.04 bits per heavy atom. The van der Waals surface area contributed by atoms with Crippen molar-refractivity contribution in [2.45, 2.75) is 19.3 Å². The van der Waals surface area contributed by atoms with Crippen molar-refractivity contribution in [1.29, 1.82) is 0 Å². The van der Waals surface area contributed by atoms with E-state index in [4.69, 9.17) is 23.2 Å². The highest BCUT2D eigenvalue weighted by molar-refractivity contribution is 6.42. The molecule has 0 aromatic heterocycles. The van der Waals surface area contributed by atoms with Crippen molar-refractivity contribution in [3.8, 4) is 0 Å². The van der Waals surface area contributed by atoms with Gasteiger partial charge in [0, 0.05) is 18.5 Å². The van der Waals surface area contributed by atoms with Gasteiger partial charge in [-0.05, 0) is 35.4 Å². The quantitative estimate of drug-likeness (QED) is 0.549. The molecule has 6 heteroatoms. The third kappa shape index (κ3) is 3.23. The van der Waals surface area contributed by atoms with E-state index >= 15 is 0 Å². The van der Waals surface area contributed by atoms with E-state index in [2.05, 4.69) is 10.6 Å². The van der Waals surface area contributed by atoms with Crippen molar-refractivity contribution >= 4 is 57.0 Å². The van der Waals surface area contributed by atoms with Gasteiger partial charge in [0.1, 0.15) is 0 Å². The van der Waals surface area contributed by atoms with Crippen molar-refractivity contribution in [1.82, 2.24) is 0 Å². The monoisotopic (exact) mass is 412 g/mol. The molecule has 3 aromatic rings. The second-order valence-corrected chi connectivity index (χ2v) is 7.58. The van der Waals surface area contributed by atoms with Crippen LogP contribution in [0.3, 0.4) is 0 Å². The Kier molecular flexibility index (Phi) is 5.00. The zero-order valence-electron chi connectivity index (χ0n) is 15.2. The van der Waals surface area contributed by atoms with Gasteiger partial charge in [-0.1, -0.05) is 59.6 Å². The van der Waals surface area contributed by atoms with Gasteiger partial charge in [0.15, 0.2) is 5.78 Å². The minimum absolute atomic E-state index is 0.0111. The second-order valence-electron chi connectivity index (χ2n) is 6.76. The number of hydrogen-bond acceptors (Lipinski definition) is 3. The molecule has 4 nitrogen and oxygen atoms in total. The van der Waals surface area contributed by atoms with Gasteiger partial charge in [-0.25, -0.2) is 0 Å². The number of benzene rings is 3. The first kappa shape index (κ1) is 18.8. The third-order valence-electron chi connectivity index (χ3n) is 4.99. The second kappa shape index (κ2) is 7.46. The summed E-state index contributed by atoms with van der Waals surface area (Å²) in [6, 6.07) is 14.8. The number of rotatable bonds is 5. The highest BCUT2D eigenvalue weighted by Gasteiger charge is 2.34. The minimum Gasteiger partial charge on any atom is -0.384 e. The van der Waals surface area contributed by atoms with Gasteiger partial charge in [0.25, 0.3) is 0 Å². The predicted octanol–water partition coefficient (Wildman–Crippen LogP) is 5.89. The number of Topliss-reactive ketones (excluding diaryl/α,β-unsaturated/α-hetero) is 1. The molecule has 1 aliphatic rings. The van der Waals surface area contributed by atoms with E-state index in [0.29, 0.717) is 33.5 Å². The van der Waals surface area contributed by atoms with E-state index in [-0.39, 0.29) is 18.1 Å². The lowest BCUT2D eigenvalue weighted by atomic mass is 9.95. The Hall–Kier alpha value is -2.56. The van der Waals surface area contributed by atoms with Crippen LogP contribution in [-0.4, -0.2) is 18.2 Å². The van der Waals surface area contributed by atoms with E-state index in [1.807, 2.05) is 43.3 Å². The van der Waals surface area contributed by atoms with Gasteiger partial charge < -0.3 is 10.6 Å². The molecule has 0 heterocycles. The molecule has 0 bridgehead atoms. The topological polar surface area (TPSA) is 58.2 Å². The van der Waals surface area contributed by atoms with Gasteiger partial charge >= 0.3 is 0 Å². The number of halogens is 2. The maximum absolute atomic E-state index is 12.9. The SMILES string of the molecule is CCNc1cc(Cl)c(Cl)cc1NC(=O)CC1C(=O)c2cccc3cccc1c23. The molecule has 0 spiro atoms. The Morgan fingerprint density at radius 3 is 2.43 bits per heavy atom. The average molecular weight is 413 g/mol. The number of amides is 1. The Labute approximate surface area is 172 Å². The molecular weight excluding hydrogens is 395 g/mol. The van der Waals surface area contributed by atoms with Gasteiger partial charge in [-0.15, -0.1) is 0 Å². The lowest BCUT2D eigenvalue weighted by Gasteiger charge is -2.15. The van der Waals surface area contributed by atoms with Crippen LogP contribution in [-0.2, 0) is 4.79 Å². The summed E-state index contributed by atoms with van der Waals surface area (Å²) >= 11 is 12.2. The lowest BCUT2D eigenvalue weighted by molar-refractivity contribution is -0.116. The molecule has 0 radical (unpaired) electrons. The molecule has 0 saturated heterocycles. The largest absolute Gasteiger partial charge is 0.384 e. The fourth-order valence-corrected chi connectivity index (χ4v) is 4.10. The first-order valence-corrected chi connectivity index (χ1v) is 9.83. The highest BCUT2D eigenvalue weighted by atomic mass is 35.5. The molecule has 0 saturated carbocycles.